The van der Waals surface area contributed by atoms with Crippen molar-refractivity contribution in [2.75, 3.05) is 0 Å². The smallest absolute Gasteiger partial charge is 0.326 e. The van der Waals surface area contributed by atoms with Crippen molar-refractivity contribution in [1.29, 1.82) is 0 Å². The Hall–Kier alpha value is -2.36. The molecule has 0 aliphatic heterocycles. The number of carboxylic acid groups (broad SMARTS) is 1. The second kappa shape index (κ2) is 12.1. The van der Waals surface area contributed by atoms with Crippen LogP contribution in [0.2, 0.25) is 0 Å². The number of hydrogen-bond acceptors (Lipinski definition) is 2. The highest BCUT2D eigenvalue weighted by atomic mass is 16.4. The predicted octanol–water partition coefficient (Wildman–Crippen LogP) is 3.88. The van der Waals surface area contributed by atoms with E-state index >= 15 is 0 Å². The summed E-state index contributed by atoms with van der Waals surface area (Å²) in [5.74, 6) is -1.43. The lowest BCUT2D eigenvalue weighted by molar-refractivity contribution is -0.141. The molecule has 0 aliphatic carbocycles. The Morgan fingerprint density at radius 2 is 1.88 bits per heavy atom. The summed E-state index contributed by atoms with van der Waals surface area (Å²) in [5.41, 5.74) is 0.876. The van der Waals surface area contributed by atoms with Gasteiger partial charge in [0.25, 0.3) is 0 Å². The molecule has 130 valence electrons. The standard InChI is InChI=1S/C20H27NO3/c1-2-3-4-5-6-7-8-12-15-19(22)21-18(20(23)24)16-17-13-10-9-11-14-17/h7-15,18H,2-6,16H2,1H3,(H,21,22)(H,23,24)/t18-/m0/s1. The molecular formula is C20H27NO3. The van der Waals surface area contributed by atoms with Crippen LogP contribution in [-0.2, 0) is 16.0 Å². The van der Waals surface area contributed by atoms with E-state index in [1.165, 1.54) is 25.3 Å². The Balaban J connectivity index is 2.38. The first-order valence-corrected chi connectivity index (χ1v) is 8.54. The van der Waals surface area contributed by atoms with Gasteiger partial charge in [0.2, 0.25) is 5.91 Å². The molecule has 0 fully saturated rings. The zero-order valence-corrected chi connectivity index (χ0v) is 14.3. The molecule has 0 aromatic heterocycles. The molecule has 0 bridgehead atoms. The molecule has 1 atom stereocenters. The van der Waals surface area contributed by atoms with Gasteiger partial charge in [-0.2, -0.15) is 0 Å². The van der Waals surface area contributed by atoms with E-state index in [1.807, 2.05) is 42.5 Å². The van der Waals surface area contributed by atoms with E-state index in [0.717, 1.165) is 18.4 Å². The number of unbranched alkanes of at least 4 members (excludes halogenated alkanes) is 4. The first kappa shape index (κ1) is 19.7. The van der Waals surface area contributed by atoms with Crippen LogP contribution < -0.4 is 5.32 Å². The van der Waals surface area contributed by atoms with E-state index in [2.05, 4.69) is 12.2 Å². The van der Waals surface area contributed by atoms with Gasteiger partial charge in [0.1, 0.15) is 6.04 Å². The number of benzene rings is 1. The van der Waals surface area contributed by atoms with Crippen LogP contribution in [0, 0.1) is 0 Å². The zero-order chi connectivity index (χ0) is 17.6. The third-order valence-electron chi connectivity index (χ3n) is 3.62. The van der Waals surface area contributed by atoms with Crippen LogP contribution in [0.4, 0.5) is 0 Å². The van der Waals surface area contributed by atoms with Crippen molar-refractivity contribution in [2.24, 2.45) is 0 Å². The fraction of sp³-hybridized carbons (Fsp3) is 0.400. The molecule has 2 N–H and O–H groups in total. The van der Waals surface area contributed by atoms with Crippen molar-refractivity contribution in [2.45, 2.75) is 51.5 Å². The van der Waals surface area contributed by atoms with Crippen LogP contribution >= 0.6 is 0 Å². The first-order chi connectivity index (χ1) is 11.6. The van der Waals surface area contributed by atoms with Crippen molar-refractivity contribution in [3.63, 3.8) is 0 Å². The summed E-state index contributed by atoms with van der Waals surface area (Å²) < 4.78 is 0. The number of rotatable bonds is 11. The van der Waals surface area contributed by atoms with Gasteiger partial charge >= 0.3 is 5.97 Å². The minimum atomic E-state index is -1.04. The molecule has 1 amide bonds. The van der Waals surface area contributed by atoms with Crippen molar-refractivity contribution in [3.8, 4) is 0 Å². The summed E-state index contributed by atoms with van der Waals surface area (Å²) in [6.45, 7) is 2.18. The molecule has 0 heterocycles. The lowest BCUT2D eigenvalue weighted by Gasteiger charge is -2.13. The number of carboxylic acids is 1. The zero-order valence-electron chi connectivity index (χ0n) is 14.3. The van der Waals surface area contributed by atoms with Crippen LogP contribution in [0.1, 0.15) is 44.6 Å². The van der Waals surface area contributed by atoms with Crippen molar-refractivity contribution in [3.05, 3.63) is 60.2 Å². The largest absolute Gasteiger partial charge is 0.480 e. The van der Waals surface area contributed by atoms with E-state index in [0.29, 0.717) is 0 Å². The van der Waals surface area contributed by atoms with Gasteiger partial charge in [-0.1, -0.05) is 74.7 Å². The summed E-state index contributed by atoms with van der Waals surface area (Å²) in [5, 5.41) is 11.8. The van der Waals surface area contributed by atoms with Crippen molar-refractivity contribution >= 4 is 11.9 Å². The van der Waals surface area contributed by atoms with Gasteiger partial charge in [-0.15, -0.1) is 0 Å². The van der Waals surface area contributed by atoms with E-state index in [1.54, 1.807) is 6.08 Å². The van der Waals surface area contributed by atoms with Gasteiger partial charge in [-0.25, -0.2) is 4.79 Å². The van der Waals surface area contributed by atoms with E-state index in [9.17, 15) is 14.7 Å². The highest BCUT2D eigenvalue weighted by Crippen LogP contribution is 2.04. The maximum atomic E-state index is 11.8. The highest BCUT2D eigenvalue weighted by Gasteiger charge is 2.19. The minimum absolute atomic E-state index is 0.267. The van der Waals surface area contributed by atoms with Crippen LogP contribution in [0.15, 0.2) is 54.6 Å². The second-order valence-corrected chi connectivity index (χ2v) is 5.73. The van der Waals surface area contributed by atoms with Gasteiger partial charge in [0, 0.05) is 12.5 Å². The molecule has 0 radical (unpaired) electrons. The van der Waals surface area contributed by atoms with Gasteiger partial charge in [-0.05, 0) is 18.4 Å². The number of allylic oxidation sites excluding steroid dienone is 3. The van der Waals surface area contributed by atoms with Gasteiger partial charge < -0.3 is 10.4 Å². The van der Waals surface area contributed by atoms with Crippen LogP contribution in [0.5, 0.6) is 0 Å². The molecule has 4 heteroatoms. The SMILES string of the molecule is CCCCCCC=CC=CC(=O)N[C@@H](Cc1ccccc1)C(=O)O. The lowest BCUT2D eigenvalue weighted by atomic mass is 10.1. The highest BCUT2D eigenvalue weighted by molar-refractivity contribution is 5.91. The Labute approximate surface area is 144 Å². The Bertz CT molecular complexity index is 549. The topological polar surface area (TPSA) is 66.4 Å². The summed E-state index contributed by atoms with van der Waals surface area (Å²) in [4.78, 5) is 23.1. The molecule has 0 aliphatic rings. The van der Waals surface area contributed by atoms with Gasteiger partial charge in [0.15, 0.2) is 0 Å². The molecule has 1 aromatic rings. The first-order valence-electron chi connectivity index (χ1n) is 8.54. The fourth-order valence-electron chi connectivity index (χ4n) is 2.28. The molecule has 4 nitrogen and oxygen atoms in total. The van der Waals surface area contributed by atoms with Crippen LogP contribution in [0.3, 0.4) is 0 Å². The molecular weight excluding hydrogens is 302 g/mol. The van der Waals surface area contributed by atoms with Crippen molar-refractivity contribution < 1.29 is 14.7 Å². The lowest BCUT2D eigenvalue weighted by Crippen LogP contribution is -2.41. The molecule has 1 aromatic carbocycles. The summed E-state index contributed by atoms with van der Waals surface area (Å²) >= 11 is 0. The average Bonchev–Trinajstić information content (AvgIpc) is 2.57. The van der Waals surface area contributed by atoms with Crippen molar-refractivity contribution in [1.82, 2.24) is 5.32 Å². The van der Waals surface area contributed by atoms with E-state index in [4.69, 9.17) is 0 Å². The number of aliphatic carboxylic acids is 1. The number of hydrogen-bond donors (Lipinski definition) is 2. The third kappa shape index (κ3) is 8.93. The molecule has 0 spiro atoms. The Morgan fingerprint density at radius 3 is 2.54 bits per heavy atom. The molecule has 24 heavy (non-hydrogen) atoms. The normalized spacial score (nSPS) is 12.5. The van der Waals surface area contributed by atoms with Gasteiger partial charge in [-0.3, -0.25) is 4.79 Å². The monoisotopic (exact) mass is 329 g/mol. The number of carbonyl (C=O) groups excluding carboxylic acids is 1. The summed E-state index contributed by atoms with van der Waals surface area (Å²) in [7, 11) is 0. The third-order valence-corrected chi connectivity index (χ3v) is 3.62. The maximum absolute atomic E-state index is 11.8. The second-order valence-electron chi connectivity index (χ2n) is 5.73. The maximum Gasteiger partial charge on any atom is 0.326 e. The average molecular weight is 329 g/mol. The van der Waals surface area contributed by atoms with E-state index < -0.39 is 17.9 Å². The van der Waals surface area contributed by atoms with E-state index in [-0.39, 0.29) is 6.42 Å². The Morgan fingerprint density at radius 1 is 1.12 bits per heavy atom. The fourth-order valence-corrected chi connectivity index (χ4v) is 2.28. The molecule has 0 saturated heterocycles. The summed E-state index contributed by atoms with van der Waals surface area (Å²) in [6, 6.07) is 8.33. The molecule has 0 saturated carbocycles. The number of amides is 1. The van der Waals surface area contributed by atoms with Crippen LogP contribution in [0.25, 0.3) is 0 Å². The molecule has 0 unspecified atom stereocenters. The van der Waals surface area contributed by atoms with Gasteiger partial charge in [0.05, 0.1) is 0 Å². The number of nitrogens with one attached hydrogen (secondary N) is 1. The molecule has 1 rings (SSSR count). The minimum Gasteiger partial charge on any atom is -0.480 e. The summed E-state index contributed by atoms with van der Waals surface area (Å²) in [6.07, 6.45) is 13.0. The Kier molecular flexibility index (Phi) is 9.93. The predicted molar refractivity (Wildman–Crippen MR) is 96.8 cm³/mol. The van der Waals surface area contributed by atoms with Crippen LogP contribution in [-0.4, -0.2) is 23.0 Å². The number of carbonyl (C=O) groups is 2. The quantitative estimate of drug-likeness (QED) is 0.368.